The number of imidazole rings is 1. The van der Waals surface area contributed by atoms with Crippen molar-refractivity contribution in [2.75, 3.05) is 25.0 Å². The number of rotatable bonds is 7. The second kappa shape index (κ2) is 9.89. The Labute approximate surface area is 201 Å². The van der Waals surface area contributed by atoms with Crippen LogP contribution in [-0.4, -0.2) is 49.8 Å². The van der Waals surface area contributed by atoms with Crippen LogP contribution in [0.1, 0.15) is 35.2 Å². The van der Waals surface area contributed by atoms with E-state index in [1.807, 2.05) is 53.3 Å². The first-order valence-electron chi connectivity index (χ1n) is 11.4. The summed E-state index contributed by atoms with van der Waals surface area (Å²) in [6, 6.07) is 15.7. The molecule has 170 valence electrons. The number of halogens is 1. The molecule has 3 heterocycles. The van der Waals surface area contributed by atoms with Gasteiger partial charge >= 0.3 is 0 Å². The van der Waals surface area contributed by atoms with E-state index in [1.54, 1.807) is 6.20 Å². The Morgan fingerprint density at radius 3 is 2.70 bits per heavy atom. The molecule has 7 nitrogen and oxygen atoms in total. The number of fused-ring (bicyclic) bond motifs is 1. The molecule has 1 aliphatic rings. The number of anilines is 1. The van der Waals surface area contributed by atoms with E-state index < -0.39 is 0 Å². The average Bonchev–Trinajstić information content (AvgIpc) is 3.40. The van der Waals surface area contributed by atoms with Crippen molar-refractivity contribution in [2.24, 2.45) is 0 Å². The van der Waals surface area contributed by atoms with Crippen LogP contribution in [0.3, 0.4) is 0 Å². The zero-order chi connectivity index (χ0) is 22.6. The van der Waals surface area contributed by atoms with E-state index in [0.29, 0.717) is 18.1 Å². The minimum atomic E-state index is -0.159. The molecule has 2 aromatic heterocycles. The quantitative estimate of drug-likeness (QED) is 0.391. The van der Waals surface area contributed by atoms with Gasteiger partial charge in [0.25, 0.3) is 5.91 Å². The van der Waals surface area contributed by atoms with Crippen molar-refractivity contribution in [3.05, 3.63) is 76.5 Å². The van der Waals surface area contributed by atoms with Gasteiger partial charge in [-0.3, -0.25) is 14.8 Å². The molecule has 1 N–H and O–H groups in total. The highest BCUT2D eigenvalue weighted by molar-refractivity contribution is 9.10. The Bertz CT molecular complexity index is 1260. The normalized spacial score (nSPS) is 14.6. The van der Waals surface area contributed by atoms with E-state index in [4.69, 9.17) is 4.98 Å². The van der Waals surface area contributed by atoms with Crippen LogP contribution in [0.4, 0.5) is 5.95 Å². The third-order valence-corrected chi connectivity index (χ3v) is 6.51. The second-order valence-electron chi connectivity index (χ2n) is 8.49. The average molecular weight is 507 g/mol. The van der Waals surface area contributed by atoms with Crippen molar-refractivity contribution in [1.29, 1.82) is 0 Å². The lowest BCUT2D eigenvalue weighted by atomic mass is 10.1. The Balaban J connectivity index is 1.35. The Morgan fingerprint density at radius 2 is 1.88 bits per heavy atom. The standard InChI is InChI=1S/C25H27BrN6O/c26-21-16-27-31(18-21)17-19-7-6-8-20(15-19)24(33)29-25-28-22-9-2-3-10-23(22)32(25)14-13-30-11-4-1-5-12-30/h2-3,6-10,15-16,18H,1,4-5,11-14,17H2,(H,28,29,33). The lowest BCUT2D eigenvalue weighted by Gasteiger charge is -2.26. The summed E-state index contributed by atoms with van der Waals surface area (Å²) in [5, 5.41) is 7.36. The number of amides is 1. The summed E-state index contributed by atoms with van der Waals surface area (Å²) in [6.07, 6.45) is 7.52. The number of piperidine rings is 1. The van der Waals surface area contributed by atoms with E-state index in [-0.39, 0.29) is 5.91 Å². The Kier molecular flexibility index (Phi) is 6.55. The molecule has 0 atom stereocenters. The number of aromatic nitrogens is 4. The molecule has 33 heavy (non-hydrogen) atoms. The molecule has 1 fully saturated rings. The number of likely N-dealkylation sites (tertiary alicyclic amines) is 1. The second-order valence-corrected chi connectivity index (χ2v) is 9.40. The van der Waals surface area contributed by atoms with Gasteiger partial charge in [0.2, 0.25) is 5.95 Å². The van der Waals surface area contributed by atoms with Crippen LogP contribution in [0, 0.1) is 0 Å². The van der Waals surface area contributed by atoms with Gasteiger partial charge in [0.1, 0.15) is 0 Å². The highest BCUT2D eigenvalue weighted by Gasteiger charge is 2.17. The van der Waals surface area contributed by atoms with Gasteiger partial charge in [-0.05, 0) is 71.7 Å². The van der Waals surface area contributed by atoms with Crippen LogP contribution in [0.15, 0.2) is 65.4 Å². The Morgan fingerprint density at radius 1 is 1.03 bits per heavy atom. The predicted octanol–water partition coefficient (Wildman–Crippen LogP) is 4.78. The van der Waals surface area contributed by atoms with E-state index in [1.165, 1.54) is 19.3 Å². The number of carbonyl (C=O) groups excluding carboxylic acids is 1. The van der Waals surface area contributed by atoms with Crippen LogP contribution in [-0.2, 0) is 13.1 Å². The number of para-hydroxylation sites is 2. The molecule has 1 saturated heterocycles. The molecule has 0 bridgehead atoms. The summed E-state index contributed by atoms with van der Waals surface area (Å²) in [5.74, 6) is 0.438. The maximum atomic E-state index is 13.2. The van der Waals surface area contributed by atoms with Crippen LogP contribution in [0.2, 0.25) is 0 Å². The lowest BCUT2D eigenvalue weighted by Crippen LogP contribution is -2.32. The van der Waals surface area contributed by atoms with Gasteiger partial charge in [-0.1, -0.05) is 30.7 Å². The van der Waals surface area contributed by atoms with Gasteiger partial charge < -0.3 is 9.47 Å². The zero-order valence-electron chi connectivity index (χ0n) is 18.5. The van der Waals surface area contributed by atoms with E-state index in [2.05, 4.69) is 41.9 Å². The minimum absolute atomic E-state index is 0.159. The molecular weight excluding hydrogens is 480 g/mol. The number of hydrogen-bond donors (Lipinski definition) is 1. The summed E-state index contributed by atoms with van der Waals surface area (Å²) in [6.45, 7) is 4.64. The van der Waals surface area contributed by atoms with Crippen LogP contribution in [0.5, 0.6) is 0 Å². The van der Waals surface area contributed by atoms with Crippen molar-refractivity contribution >= 4 is 38.8 Å². The smallest absolute Gasteiger partial charge is 0.257 e. The van der Waals surface area contributed by atoms with Gasteiger partial charge in [0, 0.05) is 24.8 Å². The monoisotopic (exact) mass is 506 g/mol. The maximum absolute atomic E-state index is 13.2. The molecular formula is C25H27BrN6O. The molecule has 0 unspecified atom stereocenters. The summed E-state index contributed by atoms with van der Waals surface area (Å²) in [4.78, 5) is 20.4. The number of hydrogen-bond acceptors (Lipinski definition) is 4. The molecule has 0 aliphatic carbocycles. The van der Waals surface area contributed by atoms with E-state index in [0.717, 1.165) is 47.2 Å². The first-order valence-corrected chi connectivity index (χ1v) is 12.2. The highest BCUT2D eigenvalue weighted by atomic mass is 79.9. The molecule has 5 rings (SSSR count). The summed E-state index contributed by atoms with van der Waals surface area (Å²) in [5.41, 5.74) is 3.55. The number of nitrogens with zero attached hydrogens (tertiary/aromatic N) is 5. The van der Waals surface area contributed by atoms with Gasteiger partial charge in [-0.2, -0.15) is 5.10 Å². The van der Waals surface area contributed by atoms with Crippen molar-refractivity contribution in [2.45, 2.75) is 32.4 Å². The SMILES string of the molecule is O=C(Nc1nc2ccccc2n1CCN1CCCCC1)c1cccc(Cn2cc(Br)cn2)c1. The zero-order valence-corrected chi connectivity index (χ0v) is 20.0. The lowest BCUT2D eigenvalue weighted by molar-refractivity contribution is 0.102. The topological polar surface area (TPSA) is 68.0 Å². The molecule has 4 aromatic rings. The molecule has 1 aliphatic heterocycles. The fourth-order valence-corrected chi connectivity index (χ4v) is 4.75. The molecule has 2 aromatic carbocycles. The van der Waals surface area contributed by atoms with Gasteiger partial charge in [-0.15, -0.1) is 0 Å². The first kappa shape index (κ1) is 21.9. The number of nitrogens with one attached hydrogen (secondary N) is 1. The summed E-state index contributed by atoms with van der Waals surface area (Å²) in [7, 11) is 0. The third kappa shape index (κ3) is 5.17. The molecule has 0 saturated carbocycles. The largest absolute Gasteiger partial charge is 0.309 e. The molecule has 1 amide bonds. The van der Waals surface area contributed by atoms with E-state index >= 15 is 0 Å². The summed E-state index contributed by atoms with van der Waals surface area (Å²) < 4.78 is 4.90. The first-order chi connectivity index (χ1) is 16.2. The Hall–Kier alpha value is -2.97. The van der Waals surface area contributed by atoms with Crippen molar-refractivity contribution in [1.82, 2.24) is 24.2 Å². The van der Waals surface area contributed by atoms with Crippen LogP contribution < -0.4 is 5.32 Å². The van der Waals surface area contributed by atoms with Crippen LogP contribution >= 0.6 is 15.9 Å². The molecule has 0 radical (unpaired) electrons. The molecule has 0 spiro atoms. The fraction of sp³-hybridized carbons (Fsp3) is 0.320. The van der Waals surface area contributed by atoms with Gasteiger partial charge in [-0.25, -0.2) is 4.98 Å². The minimum Gasteiger partial charge on any atom is -0.309 e. The summed E-state index contributed by atoms with van der Waals surface area (Å²) >= 11 is 3.42. The fourth-order valence-electron chi connectivity index (χ4n) is 4.42. The third-order valence-electron chi connectivity index (χ3n) is 6.10. The number of carbonyl (C=O) groups is 1. The predicted molar refractivity (Wildman–Crippen MR) is 133 cm³/mol. The maximum Gasteiger partial charge on any atom is 0.257 e. The van der Waals surface area contributed by atoms with Gasteiger partial charge in [0.15, 0.2) is 0 Å². The van der Waals surface area contributed by atoms with E-state index in [9.17, 15) is 4.79 Å². The molecule has 8 heteroatoms. The van der Waals surface area contributed by atoms with Crippen LogP contribution in [0.25, 0.3) is 11.0 Å². The highest BCUT2D eigenvalue weighted by Crippen LogP contribution is 2.21. The van der Waals surface area contributed by atoms with Crippen molar-refractivity contribution < 1.29 is 4.79 Å². The number of benzene rings is 2. The van der Waals surface area contributed by atoms with Crippen molar-refractivity contribution in [3.63, 3.8) is 0 Å². The van der Waals surface area contributed by atoms with Gasteiger partial charge in [0.05, 0.1) is 28.2 Å². The van der Waals surface area contributed by atoms with Crippen molar-refractivity contribution in [3.8, 4) is 0 Å².